The van der Waals surface area contributed by atoms with E-state index in [1.54, 1.807) is 37.4 Å². The molecule has 1 aromatic heterocycles. The molecular weight excluding hydrogens is 470 g/mol. The number of nitrogens with zero attached hydrogens (tertiary/aromatic N) is 3. The summed E-state index contributed by atoms with van der Waals surface area (Å²) in [4.78, 5) is 0. The van der Waals surface area contributed by atoms with Gasteiger partial charge in [-0.3, -0.25) is 0 Å². The highest BCUT2D eigenvalue weighted by Crippen LogP contribution is 2.26. The number of aromatic nitrogens is 3. The second kappa shape index (κ2) is 11.2. The number of para-hydroxylation sites is 1. The van der Waals surface area contributed by atoms with E-state index in [0.29, 0.717) is 23.2 Å². The second-order valence-corrected chi connectivity index (χ2v) is 10.2. The van der Waals surface area contributed by atoms with Crippen molar-refractivity contribution in [3.05, 3.63) is 90.5 Å². The Hall–Kier alpha value is -3.30. The van der Waals surface area contributed by atoms with Gasteiger partial charge in [-0.25, -0.2) is 0 Å². The van der Waals surface area contributed by atoms with Crippen molar-refractivity contribution in [2.75, 3.05) is 18.6 Å². The van der Waals surface area contributed by atoms with Crippen molar-refractivity contribution >= 4 is 21.9 Å². The highest BCUT2D eigenvalue weighted by molar-refractivity contribution is 8.00. The number of aryl methyl sites for hydroxylation is 1. The van der Waals surface area contributed by atoms with E-state index in [4.69, 9.17) is 8.92 Å². The molecule has 0 atom stereocenters. The highest BCUT2D eigenvalue weighted by atomic mass is 32.2. The molecule has 0 saturated heterocycles. The van der Waals surface area contributed by atoms with E-state index in [-0.39, 0.29) is 5.75 Å². The van der Waals surface area contributed by atoms with Gasteiger partial charge < -0.3 is 13.5 Å². The molecule has 3 aromatic carbocycles. The van der Waals surface area contributed by atoms with Gasteiger partial charge in [0.25, 0.3) is 0 Å². The Morgan fingerprint density at radius 2 is 1.53 bits per heavy atom. The van der Waals surface area contributed by atoms with Crippen molar-refractivity contribution in [1.29, 1.82) is 0 Å². The number of hydrogen-bond donors (Lipinski definition) is 0. The lowest BCUT2D eigenvalue weighted by Gasteiger charge is -2.11. The molecule has 0 saturated carbocycles. The van der Waals surface area contributed by atoms with E-state index in [1.165, 1.54) is 17.3 Å². The summed E-state index contributed by atoms with van der Waals surface area (Å²) >= 11 is 1.35. The van der Waals surface area contributed by atoms with Crippen LogP contribution in [0, 0.1) is 0 Å². The van der Waals surface area contributed by atoms with Gasteiger partial charge in [0.05, 0.1) is 12.9 Å². The first-order chi connectivity index (χ1) is 16.5. The average molecular weight is 496 g/mol. The molecule has 0 fully saturated rings. The Morgan fingerprint density at radius 3 is 2.21 bits per heavy atom. The topological polar surface area (TPSA) is 83.3 Å². The van der Waals surface area contributed by atoms with Gasteiger partial charge in [0.2, 0.25) is 0 Å². The molecule has 0 aliphatic heterocycles. The van der Waals surface area contributed by atoms with Gasteiger partial charge in [-0.1, -0.05) is 60.3 Å². The van der Waals surface area contributed by atoms with Gasteiger partial charge in [0.15, 0.2) is 11.0 Å². The fourth-order valence-corrected chi connectivity index (χ4v) is 5.59. The summed E-state index contributed by atoms with van der Waals surface area (Å²) in [6, 6.07) is 26.3. The summed E-state index contributed by atoms with van der Waals surface area (Å²) in [5.41, 5.74) is 2.11. The molecule has 0 bridgehead atoms. The number of rotatable bonds is 11. The van der Waals surface area contributed by atoms with Crippen LogP contribution in [0.5, 0.6) is 11.5 Å². The van der Waals surface area contributed by atoms with Crippen molar-refractivity contribution in [2.45, 2.75) is 18.1 Å². The predicted molar refractivity (Wildman–Crippen MR) is 134 cm³/mol. The van der Waals surface area contributed by atoms with Crippen LogP contribution in [0.15, 0.2) is 90.1 Å². The van der Waals surface area contributed by atoms with Gasteiger partial charge in [-0.05, 0) is 48.4 Å². The number of benzene rings is 3. The molecule has 0 spiro atoms. The minimum absolute atomic E-state index is 0.143. The van der Waals surface area contributed by atoms with E-state index in [1.807, 2.05) is 47.0 Å². The number of methoxy groups -OCH3 is 1. The van der Waals surface area contributed by atoms with Crippen molar-refractivity contribution in [2.24, 2.45) is 0 Å². The van der Waals surface area contributed by atoms with Crippen molar-refractivity contribution in [1.82, 2.24) is 14.8 Å². The van der Waals surface area contributed by atoms with E-state index < -0.39 is 10.1 Å². The minimum Gasteiger partial charge on any atom is -0.497 e. The summed E-state index contributed by atoms with van der Waals surface area (Å²) in [6.07, 6.45) is 0.797. The Balaban J connectivity index is 1.49. The molecule has 1 heterocycles. The van der Waals surface area contributed by atoms with Crippen LogP contribution in [0.3, 0.4) is 0 Å². The third-order valence-electron chi connectivity index (χ3n) is 5.06. The zero-order valence-corrected chi connectivity index (χ0v) is 20.3. The zero-order chi connectivity index (χ0) is 23.8. The smallest absolute Gasteiger partial charge is 0.310 e. The normalized spacial score (nSPS) is 11.3. The molecule has 0 N–H and O–H groups in total. The Morgan fingerprint density at radius 1 is 0.853 bits per heavy atom. The lowest BCUT2D eigenvalue weighted by atomic mass is 10.1. The van der Waals surface area contributed by atoms with Crippen molar-refractivity contribution < 1.29 is 17.3 Å². The third kappa shape index (κ3) is 6.39. The second-order valence-electron chi connectivity index (χ2n) is 7.43. The Kier molecular flexibility index (Phi) is 7.87. The number of hydrogen-bond acceptors (Lipinski definition) is 7. The van der Waals surface area contributed by atoms with Crippen molar-refractivity contribution in [3.63, 3.8) is 0 Å². The molecule has 7 nitrogen and oxygen atoms in total. The molecule has 0 aliphatic carbocycles. The van der Waals surface area contributed by atoms with Crippen molar-refractivity contribution in [3.8, 4) is 22.9 Å². The minimum atomic E-state index is -3.72. The van der Waals surface area contributed by atoms with Gasteiger partial charge >= 0.3 is 10.1 Å². The molecule has 0 radical (unpaired) electrons. The summed E-state index contributed by atoms with van der Waals surface area (Å²) < 4.78 is 37.2. The van der Waals surface area contributed by atoms with E-state index in [0.717, 1.165) is 23.6 Å². The maximum atomic E-state index is 12.4. The molecule has 0 amide bonds. The van der Waals surface area contributed by atoms with Crippen LogP contribution in [0.2, 0.25) is 0 Å². The largest absolute Gasteiger partial charge is 0.497 e. The predicted octanol–water partition coefficient (Wildman–Crippen LogP) is 4.70. The van der Waals surface area contributed by atoms with Crippen LogP contribution in [0.1, 0.15) is 5.56 Å². The van der Waals surface area contributed by atoms with E-state index in [2.05, 4.69) is 22.3 Å². The monoisotopic (exact) mass is 495 g/mol. The fourth-order valence-electron chi connectivity index (χ4n) is 3.34. The van der Waals surface area contributed by atoms with Crippen LogP contribution >= 0.6 is 11.8 Å². The van der Waals surface area contributed by atoms with Gasteiger partial charge in [-0.15, -0.1) is 10.2 Å². The third-order valence-corrected chi connectivity index (χ3v) is 7.44. The highest BCUT2D eigenvalue weighted by Gasteiger charge is 2.18. The molecule has 4 aromatic rings. The summed E-state index contributed by atoms with van der Waals surface area (Å²) in [7, 11) is -2.09. The van der Waals surface area contributed by atoms with Crippen LogP contribution in [-0.4, -0.2) is 41.8 Å². The molecule has 9 heteroatoms. The van der Waals surface area contributed by atoms with Crippen LogP contribution in [0.25, 0.3) is 11.4 Å². The van der Waals surface area contributed by atoms with Crippen LogP contribution < -0.4 is 8.92 Å². The average Bonchev–Trinajstić information content (AvgIpc) is 3.26. The first-order valence-corrected chi connectivity index (χ1v) is 13.3. The van der Waals surface area contributed by atoms with Gasteiger partial charge in [-0.2, -0.15) is 8.42 Å². The maximum Gasteiger partial charge on any atom is 0.310 e. The zero-order valence-electron chi connectivity index (χ0n) is 18.7. The summed E-state index contributed by atoms with van der Waals surface area (Å²) in [5.74, 6) is 1.94. The lowest BCUT2D eigenvalue weighted by Crippen LogP contribution is -2.15. The fraction of sp³-hybridized carbons (Fsp3) is 0.200. The van der Waals surface area contributed by atoms with Gasteiger partial charge in [0.1, 0.15) is 11.5 Å². The summed E-state index contributed by atoms with van der Waals surface area (Å²) in [6.45, 7) is 0.661. The van der Waals surface area contributed by atoms with Crippen LogP contribution in [-0.2, 0) is 23.1 Å². The SMILES string of the molecule is COc1ccc(-c2nnc(SCCS(=O)(=O)Oc3ccccc3)n2CCc2ccccc2)cc1. The Labute approximate surface area is 203 Å². The standard InChI is InChI=1S/C25H25N3O4S2/c1-31-22-14-12-21(13-15-22)24-26-27-25(28(24)17-16-20-8-4-2-5-9-20)33-18-19-34(29,30)32-23-10-6-3-7-11-23/h2-15H,16-19H2,1H3. The maximum absolute atomic E-state index is 12.4. The molecule has 0 aliphatic rings. The summed E-state index contributed by atoms with van der Waals surface area (Å²) in [5, 5.41) is 9.43. The Bertz CT molecular complexity index is 1290. The van der Waals surface area contributed by atoms with Crippen LogP contribution in [0.4, 0.5) is 0 Å². The lowest BCUT2D eigenvalue weighted by molar-refractivity contribution is 0.415. The number of ether oxygens (including phenoxy) is 1. The molecule has 0 unspecified atom stereocenters. The van der Waals surface area contributed by atoms with Gasteiger partial charge in [0, 0.05) is 17.9 Å². The molecule has 34 heavy (non-hydrogen) atoms. The quantitative estimate of drug-likeness (QED) is 0.220. The van der Waals surface area contributed by atoms with E-state index in [9.17, 15) is 8.42 Å². The first kappa shape index (κ1) is 23.8. The first-order valence-electron chi connectivity index (χ1n) is 10.8. The molecule has 176 valence electrons. The molecule has 4 rings (SSSR count). The van der Waals surface area contributed by atoms with E-state index >= 15 is 0 Å². The molecular formula is C25H25N3O4S2. The number of thioether (sulfide) groups is 1.